The van der Waals surface area contributed by atoms with Crippen molar-refractivity contribution in [1.29, 1.82) is 0 Å². The van der Waals surface area contributed by atoms with Crippen molar-refractivity contribution in [2.45, 2.75) is 44.6 Å². The van der Waals surface area contributed by atoms with E-state index in [1.165, 1.54) is 6.26 Å². The molecule has 14 heavy (non-hydrogen) atoms. The standard InChI is InChI=1S/C10H19BrO3/c1-6-13-10(4,5)14-9(3)12-7-8(2)11/h6,8-9H,1,7H2,2-5H3. The van der Waals surface area contributed by atoms with Gasteiger partial charge in [0.1, 0.15) is 0 Å². The molecular weight excluding hydrogens is 248 g/mol. The van der Waals surface area contributed by atoms with Crippen LogP contribution in [-0.4, -0.2) is 23.5 Å². The van der Waals surface area contributed by atoms with E-state index in [4.69, 9.17) is 14.2 Å². The lowest BCUT2D eigenvalue weighted by Gasteiger charge is -2.28. The molecule has 0 bridgehead atoms. The molecule has 2 atom stereocenters. The first-order chi connectivity index (χ1) is 6.37. The molecule has 0 N–H and O–H groups in total. The second-order valence-corrected chi connectivity index (χ2v) is 5.05. The highest BCUT2D eigenvalue weighted by molar-refractivity contribution is 9.09. The Hall–Kier alpha value is -0.0600. The van der Waals surface area contributed by atoms with Crippen LogP contribution in [0.4, 0.5) is 0 Å². The number of alkyl halides is 1. The molecule has 0 aliphatic heterocycles. The van der Waals surface area contributed by atoms with E-state index >= 15 is 0 Å². The highest BCUT2D eigenvalue weighted by atomic mass is 79.9. The molecule has 0 fully saturated rings. The Morgan fingerprint density at radius 2 is 2.00 bits per heavy atom. The van der Waals surface area contributed by atoms with Crippen LogP contribution >= 0.6 is 15.9 Å². The molecule has 2 unspecified atom stereocenters. The Morgan fingerprint density at radius 1 is 1.43 bits per heavy atom. The lowest BCUT2D eigenvalue weighted by molar-refractivity contribution is -0.269. The van der Waals surface area contributed by atoms with Crippen LogP contribution in [0.3, 0.4) is 0 Å². The molecule has 0 aromatic rings. The van der Waals surface area contributed by atoms with Gasteiger partial charge >= 0.3 is 0 Å². The van der Waals surface area contributed by atoms with Gasteiger partial charge in [-0.15, -0.1) is 0 Å². The predicted octanol–water partition coefficient (Wildman–Crippen LogP) is 3.05. The van der Waals surface area contributed by atoms with Crippen molar-refractivity contribution in [1.82, 2.24) is 0 Å². The van der Waals surface area contributed by atoms with Crippen LogP contribution < -0.4 is 0 Å². The zero-order valence-electron chi connectivity index (χ0n) is 9.25. The maximum absolute atomic E-state index is 5.49. The van der Waals surface area contributed by atoms with Crippen molar-refractivity contribution < 1.29 is 14.2 Å². The summed E-state index contributed by atoms with van der Waals surface area (Å²) < 4.78 is 16.1. The normalized spacial score (nSPS) is 16.1. The third kappa shape index (κ3) is 7.35. The van der Waals surface area contributed by atoms with Crippen molar-refractivity contribution in [3.63, 3.8) is 0 Å². The van der Waals surface area contributed by atoms with Crippen LogP contribution in [-0.2, 0) is 14.2 Å². The third-order valence-electron chi connectivity index (χ3n) is 1.38. The smallest absolute Gasteiger partial charge is 0.206 e. The van der Waals surface area contributed by atoms with Crippen molar-refractivity contribution in [2.75, 3.05) is 6.61 Å². The van der Waals surface area contributed by atoms with E-state index in [1.54, 1.807) is 0 Å². The number of hydrogen-bond donors (Lipinski definition) is 0. The van der Waals surface area contributed by atoms with E-state index in [0.29, 0.717) is 11.4 Å². The van der Waals surface area contributed by atoms with Gasteiger partial charge in [-0.05, 0) is 6.92 Å². The minimum Gasteiger partial charge on any atom is -0.471 e. The Balaban J connectivity index is 3.79. The van der Waals surface area contributed by atoms with Gasteiger partial charge in [0, 0.05) is 18.7 Å². The lowest BCUT2D eigenvalue weighted by Crippen LogP contribution is -2.32. The quantitative estimate of drug-likeness (QED) is 0.403. The average Bonchev–Trinajstić information content (AvgIpc) is 1.99. The molecule has 0 radical (unpaired) electrons. The van der Waals surface area contributed by atoms with Crippen LogP contribution in [0.1, 0.15) is 27.7 Å². The zero-order valence-corrected chi connectivity index (χ0v) is 10.8. The largest absolute Gasteiger partial charge is 0.471 e. The monoisotopic (exact) mass is 266 g/mol. The van der Waals surface area contributed by atoms with Crippen molar-refractivity contribution in [3.8, 4) is 0 Å². The maximum Gasteiger partial charge on any atom is 0.206 e. The summed E-state index contributed by atoms with van der Waals surface area (Å²) >= 11 is 3.39. The summed E-state index contributed by atoms with van der Waals surface area (Å²) in [5.74, 6) is -0.698. The average molecular weight is 267 g/mol. The van der Waals surface area contributed by atoms with E-state index in [2.05, 4.69) is 22.5 Å². The number of halogens is 1. The summed E-state index contributed by atoms with van der Waals surface area (Å²) in [4.78, 5) is 0.317. The minimum atomic E-state index is -0.698. The first kappa shape index (κ1) is 13.9. The van der Waals surface area contributed by atoms with Gasteiger partial charge in [0.25, 0.3) is 0 Å². The van der Waals surface area contributed by atoms with Crippen LogP contribution in [0.5, 0.6) is 0 Å². The van der Waals surface area contributed by atoms with E-state index in [-0.39, 0.29) is 6.29 Å². The van der Waals surface area contributed by atoms with Gasteiger partial charge in [0.05, 0.1) is 12.9 Å². The molecule has 84 valence electrons. The van der Waals surface area contributed by atoms with Crippen LogP contribution in [0.25, 0.3) is 0 Å². The number of ether oxygens (including phenoxy) is 3. The lowest BCUT2D eigenvalue weighted by atomic mass is 10.4. The Morgan fingerprint density at radius 3 is 2.43 bits per heavy atom. The van der Waals surface area contributed by atoms with Gasteiger partial charge in [0.15, 0.2) is 6.29 Å². The molecule has 0 spiro atoms. The molecule has 0 saturated carbocycles. The molecule has 3 nitrogen and oxygen atoms in total. The molecule has 0 aromatic heterocycles. The first-order valence-electron chi connectivity index (χ1n) is 4.59. The van der Waals surface area contributed by atoms with Gasteiger partial charge in [0.2, 0.25) is 5.79 Å². The van der Waals surface area contributed by atoms with Gasteiger partial charge < -0.3 is 14.2 Å². The maximum atomic E-state index is 5.49. The van der Waals surface area contributed by atoms with Crippen molar-refractivity contribution >= 4 is 15.9 Å². The number of rotatable bonds is 7. The summed E-state index contributed by atoms with van der Waals surface area (Å²) in [7, 11) is 0. The molecule has 0 aliphatic carbocycles. The fourth-order valence-electron chi connectivity index (χ4n) is 0.930. The summed E-state index contributed by atoms with van der Waals surface area (Å²) in [6.07, 6.45) is 1.06. The van der Waals surface area contributed by atoms with Crippen LogP contribution in [0, 0.1) is 0 Å². The molecule has 0 saturated heterocycles. The topological polar surface area (TPSA) is 27.7 Å². The second kappa shape index (κ2) is 6.43. The number of hydrogen-bond acceptors (Lipinski definition) is 3. The van der Waals surface area contributed by atoms with Gasteiger partial charge in [-0.2, -0.15) is 0 Å². The SMILES string of the molecule is C=COC(C)(C)OC(C)OCC(C)Br. The van der Waals surface area contributed by atoms with E-state index in [9.17, 15) is 0 Å². The second-order valence-electron chi connectivity index (χ2n) is 3.48. The van der Waals surface area contributed by atoms with Crippen molar-refractivity contribution in [2.24, 2.45) is 0 Å². The van der Waals surface area contributed by atoms with Crippen molar-refractivity contribution in [3.05, 3.63) is 12.8 Å². The predicted molar refractivity (Wildman–Crippen MR) is 60.2 cm³/mol. The van der Waals surface area contributed by atoms with Crippen LogP contribution in [0.2, 0.25) is 0 Å². The van der Waals surface area contributed by atoms with E-state index in [0.717, 1.165) is 0 Å². The molecule has 0 heterocycles. The fourth-order valence-corrected chi connectivity index (χ4v) is 1.08. The summed E-state index contributed by atoms with van der Waals surface area (Å²) in [6, 6.07) is 0. The fraction of sp³-hybridized carbons (Fsp3) is 0.800. The highest BCUT2D eigenvalue weighted by Crippen LogP contribution is 2.15. The Kier molecular flexibility index (Phi) is 6.40. The summed E-state index contributed by atoms with van der Waals surface area (Å²) in [5, 5.41) is 0. The minimum absolute atomic E-state index is 0.301. The molecule has 0 aliphatic rings. The summed E-state index contributed by atoms with van der Waals surface area (Å²) in [5.41, 5.74) is 0. The molecule has 0 rings (SSSR count). The molecule has 4 heteroatoms. The summed E-state index contributed by atoms with van der Waals surface area (Å²) in [6.45, 7) is 11.6. The van der Waals surface area contributed by atoms with E-state index < -0.39 is 5.79 Å². The first-order valence-corrected chi connectivity index (χ1v) is 5.51. The third-order valence-corrected chi connectivity index (χ3v) is 1.64. The Labute approximate surface area is 94.5 Å². The van der Waals surface area contributed by atoms with Gasteiger partial charge in [-0.1, -0.05) is 29.4 Å². The zero-order chi connectivity index (χ0) is 11.2. The van der Waals surface area contributed by atoms with Crippen LogP contribution in [0.15, 0.2) is 12.8 Å². The Bertz CT molecular complexity index is 169. The molecule has 0 amide bonds. The van der Waals surface area contributed by atoms with Gasteiger partial charge in [-0.3, -0.25) is 0 Å². The van der Waals surface area contributed by atoms with Gasteiger partial charge in [-0.25, -0.2) is 0 Å². The molecule has 0 aromatic carbocycles. The molecular formula is C10H19BrO3. The highest BCUT2D eigenvalue weighted by Gasteiger charge is 2.22. The van der Waals surface area contributed by atoms with E-state index in [1.807, 2.05) is 27.7 Å².